The minimum atomic E-state index is -3.81. The van der Waals surface area contributed by atoms with Gasteiger partial charge in [0.2, 0.25) is 10.0 Å². The van der Waals surface area contributed by atoms with Gasteiger partial charge in [-0.05, 0) is 25.1 Å². The van der Waals surface area contributed by atoms with Gasteiger partial charge in [-0.15, -0.1) is 0 Å². The molecule has 0 bridgehead atoms. The fraction of sp³-hybridized carbons (Fsp3) is 0.308. The van der Waals surface area contributed by atoms with Crippen molar-refractivity contribution in [1.29, 1.82) is 5.26 Å². The molecule has 1 atom stereocenters. The number of anilines is 1. The first-order chi connectivity index (χ1) is 9.40. The lowest BCUT2D eigenvalue weighted by molar-refractivity contribution is 0.305. The second-order valence-corrected chi connectivity index (χ2v) is 6.30. The average molecular weight is 313 g/mol. The van der Waals surface area contributed by atoms with Gasteiger partial charge >= 0.3 is 0 Å². The lowest BCUT2D eigenvalue weighted by atomic mass is 10.2. The first-order valence-corrected chi connectivity index (χ1v) is 7.63. The minimum absolute atomic E-state index is 0.0419. The molecule has 1 rings (SSSR count). The number of nitriles is 1. The fourth-order valence-corrected chi connectivity index (χ4v) is 2.22. The molecule has 0 aliphatic rings. The summed E-state index contributed by atoms with van der Waals surface area (Å²) in [6.45, 7) is 1.24. The van der Waals surface area contributed by atoms with E-state index in [1.54, 1.807) is 12.1 Å². The second-order valence-electron chi connectivity index (χ2n) is 3.89. The van der Waals surface area contributed by atoms with Crippen LogP contribution in [0.3, 0.4) is 0 Å². The molecule has 1 aromatic rings. The van der Waals surface area contributed by atoms with Crippen LogP contribution in [0.5, 0.6) is 0 Å². The summed E-state index contributed by atoms with van der Waals surface area (Å²) < 4.78 is 25.9. The fourth-order valence-electron chi connectivity index (χ4n) is 1.21. The lowest BCUT2D eigenvalue weighted by Crippen LogP contribution is -2.24. The van der Waals surface area contributed by atoms with Crippen LogP contribution in [0.4, 0.5) is 5.69 Å². The average Bonchev–Trinajstić information content (AvgIpc) is 2.41. The van der Waals surface area contributed by atoms with Gasteiger partial charge in [0.25, 0.3) is 0 Å². The molecule has 7 heteroatoms. The largest absolute Gasteiger partial charge is 0.395 e. The maximum absolute atomic E-state index is 11.8. The molecular weight excluding hydrogens is 300 g/mol. The number of nitrogens with zero attached hydrogens (tertiary/aromatic N) is 1. The van der Waals surface area contributed by atoms with Crippen molar-refractivity contribution in [2.24, 2.45) is 0 Å². The highest BCUT2D eigenvalue weighted by Gasteiger charge is 2.21. The van der Waals surface area contributed by atoms with Gasteiger partial charge < -0.3 is 5.11 Å². The number of nitrogens with one attached hydrogen (secondary N) is 1. The number of aliphatic hydroxyl groups excluding tert-OH is 1. The van der Waals surface area contributed by atoms with Crippen LogP contribution in [0, 0.1) is 23.2 Å². The highest BCUT2D eigenvalue weighted by atomic mass is 35.5. The Morgan fingerprint density at radius 1 is 1.50 bits per heavy atom. The first kappa shape index (κ1) is 16.3. The summed E-state index contributed by atoms with van der Waals surface area (Å²) in [6, 6.07) is 6.28. The Morgan fingerprint density at radius 2 is 2.20 bits per heavy atom. The molecular formula is C13H13ClN2O3S. The number of benzene rings is 1. The SMILES string of the molecule is CC(C#N)S(=O)(=O)Nc1cc(C#CCCO)ccc1Cl. The smallest absolute Gasteiger partial charge is 0.248 e. The third-order valence-corrected chi connectivity index (χ3v) is 4.21. The molecule has 0 radical (unpaired) electrons. The van der Waals surface area contributed by atoms with Crippen LogP contribution in [-0.2, 0) is 10.0 Å². The topological polar surface area (TPSA) is 90.2 Å². The molecule has 0 amide bonds. The third-order valence-electron chi connectivity index (χ3n) is 2.34. The van der Waals surface area contributed by atoms with E-state index in [-0.39, 0.29) is 17.3 Å². The Bertz CT molecular complexity index is 684. The van der Waals surface area contributed by atoms with Crippen molar-refractivity contribution in [3.8, 4) is 17.9 Å². The number of hydrogen-bond acceptors (Lipinski definition) is 4. The molecule has 0 aliphatic heterocycles. The molecule has 106 valence electrons. The quantitative estimate of drug-likeness (QED) is 0.828. The van der Waals surface area contributed by atoms with E-state index in [4.69, 9.17) is 22.0 Å². The number of aliphatic hydroxyl groups is 1. The number of hydrogen-bond donors (Lipinski definition) is 2. The maximum Gasteiger partial charge on any atom is 0.248 e. The van der Waals surface area contributed by atoms with E-state index in [1.807, 2.05) is 0 Å². The van der Waals surface area contributed by atoms with Crippen molar-refractivity contribution < 1.29 is 13.5 Å². The normalized spacial score (nSPS) is 11.9. The van der Waals surface area contributed by atoms with Crippen LogP contribution in [0.25, 0.3) is 0 Å². The van der Waals surface area contributed by atoms with Crippen molar-refractivity contribution in [3.63, 3.8) is 0 Å². The second kappa shape index (κ2) is 7.16. The molecule has 0 aliphatic carbocycles. The van der Waals surface area contributed by atoms with Gasteiger partial charge in [0.05, 0.1) is 23.4 Å². The Morgan fingerprint density at radius 3 is 2.80 bits per heavy atom. The zero-order valence-corrected chi connectivity index (χ0v) is 12.3. The molecule has 0 saturated heterocycles. The Balaban J connectivity index is 3.06. The maximum atomic E-state index is 11.8. The lowest BCUT2D eigenvalue weighted by Gasteiger charge is -2.11. The summed E-state index contributed by atoms with van der Waals surface area (Å²) in [5, 5.41) is 16.3. The van der Waals surface area contributed by atoms with E-state index in [0.717, 1.165) is 0 Å². The van der Waals surface area contributed by atoms with E-state index in [9.17, 15) is 8.42 Å². The Kier molecular flexibility index (Phi) is 5.84. The molecule has 0 heterocycles. The van der Waals surface area contributed by atoms with Gasteiger partial charge in [0.1, 0.15) is 0 Å². The van der Waals surface area contributed by atoms with Gasteiger partial charge in [-0.1, -0.05) is 23.4 Å². The molecule has 1 aromatic carbocycles. The van der Waals surface area contributed by atoms with E-state index in [0.29, 0.717) is 12.0 Å². The highest BCUT2D eigenvalue weighted by Crippen LogP contribution is 2.24. The Labute approximate surface area is 123 Å². The standard InChI is InChI=1S/C13H13ClN2O3S/c1-10(9-15)20(18,19)16-13-8-11(4-2-3-7-17)5-6-12(13)14/h5-6,8,10,16-17H,3,7H2,1H3. The molecule has 20 heavy (non-hydrogen) atoms. The summed E-state index contributed by atoms with van der Waals surface area (Å²) in [4.78, 5) is 0. The zero-order chi connectivity index (χ0) is 15.2. The van der Waals surface area contributed by atoms with Crippen molar-refractivity contribution in [1.82, 2.24) is 0 Å². The predicted octanol–water partition coefficient (Wildman–Crippen LogP) is 1.73. The summed E-state index contributed by atoms with van der Waals surface area (Å²) in [6.07, 6.45) is 0.329. The van der Waals surface area contributed by atoms with Gasteiger partial charge in [0, 0.05) is 12.0 Å². The number of halogens is 1. The van der Waals surface area contributed by atoms with Crippen molar-refractivity contribution in [2.45, 2.75) is 18.6 Å². The monoisotopic (exact) mass is 312 g/mol. The summed E-state index contributed by atoms with van der Waals surface area (Å²) in [7, 11) is -3.81. The summed E-state index contributed by atoms with van der Waals surface area (Å²) >= 11 is 5.91. The summed E-state index contributed by atoms with van der Waals surface area (Å²) in [5.74, 6) is 5.50. The van der Waals surface area contributed by atoms with E-state index >= 15 is 0 Å². The minimum Gasteiger partial charge on any atom is -0.395 e. The molecule has 5 nitrogen and oxygen atoms in total. The van der Waals surface area contributed by atoms with E-state index < -0.39 is 15.3 Å². The van der Waals surface area contributed by atoms with Gasteiger partial charge in [0.15, 0.2) is 5.25 Å². The van der Waals surface area contributed by atoms with Crippen molar-refractivity contribution in [2.75, 3.05) is 11.3 Å². The molecule has 1 unspecified atom stereocenters. The number of sulfonamides is 1. The van der Waals surface area contributed by atoms with Crippen molar-refractivity contribution >= 4 is 27.3 Å². The molecule has 0 saturated carbocycles. The molecule has 0 fully saturated rings. The van der Waals surface area contributed by atoms with Crippen LogP contribution in [-0.4, -0.2) is 25.4 Å². The van der Waals surface area contributed by atoms with E-state index in [2.05, 4.69) is 16.6 Å². The summed E-state index contributed by atoms with van der Waals surface area (Å²) in [5.41, 5.74) is 0.731. The van der Waals surface area contributed by atoms with Crippen molar-refractivity contribution in [3.05, 3.63) is 28.8 Å². The van der Waals surface area contributed by atoms with Crippen LogP contribution in [0.2, 0.25) is 5.02 Å². The highest BCUT2D eigenvalue weighted by molar-refractivity contribution is 7.93. The molecule has 0 spiro atoms. The van der Waals surface area contributed by atoms with Crippen LogP contribution in [0.1, 0.15) is 18.9 Å². The van der Waals surface area contributed by atoms with Crippen LogP contribution < -0.4 is 4.72 Å². The Hall–Kier alpha value is -1.73. The predicted molar refractivity (Wildman–Crippen MR) is 77.7 cm³/mol. The van der Waals surface area contributed by atoms with Gasteiger partial charge in [-0.25, -0.2) is 8.42 Å². The van der Waals surface area contributed by atoms with E-state index in [1.165, 1.54) is 19.1 Å². The molecule has 2 N–H and O–H groups in total. The third kappa shape index (κ3) is 4.43. The zero-order valence-electron chi connectivity index (χ0n) is 10.7. The van der Waals surface area contributed by atoms with Gasteiger partial charge in [-0.2, -0.15) is 5.26 Å². The first-order valence-electron chi connectivity index (χ1n) is 5.71. The van der Waals surface area contributed by atoms with Crippen LogP contribution in [0.15, 0.2) is 18.2 Å². The van der Waals surface area contributed by atoms with Crippen LogP contribution >= 0.6 is 11.6 Å². The number of rotatable bonds is 4. The molecule has 0 aromatic heterocycles. The van der Waals surface area contributed by atoms with Gasteiger partial charge in [-0.3, -0.25) is 4.72 Å².